The molecular formula is C14H8BrClN2. The van der Waals surface area contributed by atoms with Crippen molar-refractivity contribution in [2.75, 3.05) is 0 Å². The number of rotatable bonds is 1. The van der Waals surface area contributed by atoms with Gasteiger partial charge in [-0.1, -0.05) is 39.7 Å². The van der Waals surface area contributed by atoms with E-state index in [0.29, 0.717) is 10.8 Å². The molecule has 1 aromatic carbocycles. The third-order valence-corrected chi connectivity index (χ3v) is 3.52. The maximum Gasteiger partial charge on any atom is 0.160 e. The van der Waals surface area contributed by atoms with E-state index in [1.54, 1.807) is 6.20 Å². The molecule has 0 saturated heterocycles. The molecule has 88 valence electrons. The van der Waals surface area contributed by atoms with Crippen LogP contribution in [0.3, 0.4) is 0 Å². The van der Waals surface area contributed by atoms with Gasteiger partial charge in [0.25, 0.3) is 0 Å². The summed E-state index contributed by atoms with van der Waals surface area (Å²) in [6, 6.07) is 13.9. The molecule has 2 aromatic heterocycles. The zero-order valence-corrected chi connectivity index (χ0v) is 11.6. The first-order valence-corrected chi connectivity index (χ1v) is 6.58. The van der Waals surface area contributed by atoms with Crippen LogP contribution in [-0.2, 0) is 0 Å². The van der Waals surface area contributed by atoms with Crippen molar-refractivity contribution >= 4 is 38.6 Å². The highest BCUT2D eigenvalue weighted by molar-refractivity contribution is 9.10. The van der Waals surface area contributed by atoms with E-state index in [-0.39, 0.29) is 0 Å². The van der Waals surface area contributed by atoms with Gasteiger partial charge < -0.3 is 0 Å². The highest BCUT2D eigenvalue weighted by Crippen LogP contribution is 2.29. The van der Waals surface area contributed by atoms with Gasteiger partial charge in [-0.3, -0.25) is 0 Å². The van der Waals surface area contributed by atoms with Crippen LogP contribution in [-0.4, -0.2) is 9.97 Å². The highest BCUT2D eigenvalue weighted by Gasteiger charge is 2.07. The Morgan fingerprint density at radius 2 is 1.83 bits per heavy atom. The van der Waals surface area contributed by atoms with Crippen molar-refractivity contribution < 1.29 is 0 Å². The minimum atomic E-state index is 0.475. The van der Waals surface area contributed by atoms with Crippen LogP contribution in [0.25, 0.3) is 22.2 Å². The smallest absolute Gasteiger partial charge is 0.160 e. The van der Waals surface area contributed by atoms with Gasteiger partial charge in [0, 0.05) is 21.6 Å². The van der Waals surface area contributed by atoms with Crippen LogP contribution in [0.5, 0.6) is 0 Å². The van der Waals surface area contributed by atoms with Crippen LogP contribution >= 0.6 is 27.5 Å². The van der Waals surface area contributed by atoms with Gasteiger partial charge >= 0.3 is 0 Å². The molecule has 0 unspecified atom stereocenters. The molecule has 3 rings (SSSR count). The lowest BCUT2D eigenvalue weighted by atomic mass is 10.1. The summed E-state index contributed by atoms with van der Waals surface area (Å²) in [6.07, 6.45) is 1.71. The van der Waals surface area contributed by atoms with Crippen LogP contribution in [0.2, 0.25) is 5.15 Å². The van der Waals surface area contributed by atoms with Crippen molar-refractivity contribution in [3.8, 4) is 11.1 Å². The van der Waals surface area contributed by atoms with Crippen molar-refractivity contribution in [3.63, 3.8) is 0 Å². The van der Waals surface area contributed by atoms with Crippen LogP contribution in [0.4, 0.5) is 0 Å². The minimum absolute atomic E-state index is 0.475. The molecule has 0 aliphatic carbocycles. The van der Waals surface area contributed by atoms with E-state index in [4.69, 9.17) is 11.6 Å². The Morgan fingerprint density at radius 3 is 2.61 bits per heavy atom. The quantitative estimate of drug-likeness (QED) is 0.607. The van der Waals surface area contributed by atoms with Gasteiger partial charge in [-0.15, -0.1) is 0 Å². The van der Waals surface area contributed by atoms with Gasteiger partial charge in [-0.25, -0.2) is 9.97 Å². The van der Waals surface area contributed by atoms with Crippen molar-refractivity contribution in [1.29, 1.82) is 0 Å². The first-order valence-electron chi connectivity index (χ1n) is 5.41. The van der Waals surface area contributed by atoms with Crippen molar-refractivity contribution in [2.24, 2.45) is 0 Å². The summed E-state index contributed by atoms with van der Waals surface area (Å²) in [6.45, 7) is 0. The molecule has 0 bridgehead atoms. The Hall–Kier alpha value is -1.45. The molecule has 2 heterocycles. The summed E-state index contributed by atoms with van der Waals surface area (Å²) >= 11 is 9.63. The second kappa shape index (κ2) is 4.67. The SMILES string of the molecule is Clc1nc2ncccc2cc1-c1ccc(Br)cc1. The number of benzene rings is 1. The van der Waals surface area contributed by atoms with Crippen molar-refractivity contribution in [2.45, 2.75) is 0 Å². The number of pyridine rings is 2. The maximum absolute atomic E-state index is 6.21. The molecule has 4 heteroatoms. The van der Waals surface area contributed by atoms with Crippen LogP contribution in [0.15, 0.2) is 53.1 Å². The highest BCUT2D eigenvalue weighted by atomic mass is 79.9. The lowest BCUT2D eigenvalue weighted by molar-refractivity contribution is 1.29. The molecule has 2 nitrogen and oxygen atoms in total. The standard InChI is InChI=1S/C14H8BrClN2/c15-11-5-3-9(4-6-11)12-8-10-2-1-7-17-14(10)18-13(12)16/h1-8H. The number of hydrogen-bond acceptors (Lipinski definition) is 2. The average molecular weight is 320 g/mol. The predicted octanol–water partition coefficient (Wildman–Crippen LogP) is 4.71. The summed E-state index contributed by atoms with van der Waals surface area (Å²) in [5.74, 6) is 0. The lowest BCUT2D eigenvalue weighted by Gasteiger charge is -2.06. The fraction of sp³-hybridized carbons (Fsp3) is 0. The van der Waals surface area contributed by atoms with E-state index >= 15 is 0 Å². The number of aromatic nitrogens is 2. The molecule has 0 aliphatic heterocycles. The second-order valence-corrected chi connectivity index (χ2v) is 5.16. The first-order chi connectivity index (χ1) is 8.74. The van der Waals surface area contributed by atoms with E-state index in [1.807, 2.05) is 42.5 Å². The monoisotopic (exact) mass is 318 g/mol. The summed E-state index contributed by atoms with van der Waals surface area (Å²) in [7, 11) is 0. The third-order valence-electron chi connectivity index (χ3n) is 2.70. The topological polar surface area (TPSA) is 25.8 Å². The van der Waals surface area contributed by atoms with Gasteiger partial charge in [0.1, 0.15) is 5.15 Å². The zero-order valence-electron chi connectivity index (χ0n) is 9.27. The summed E-state index contributed by atoms with van der Waals surface area (Å²) in [4.78, 5) is 8.50. The maximum atomic E-state index is 6.21. The molecule has 3 aromatic rings. The summed E-state index contributed by atoms with van der Waals surface area (Å²) in [5, 5.41) is 1.46. The molecule has 18 heavy (non-hydrogen) atoms. The third kappa shape index (κ3) is 2.11. The van der Waals surface area contributed by atoms with E-state index < -0.39 is 0 Å². The van der Waals surface area contributed by atoms with Gasteiger partial charge in [-0.05, 0) is 35.9 Å². The number of fused-ring (bicyclic) bond motifs is 1. The fourth-order valence-electron chi connectivity index (χ4n) is 1.82. The largest absolute Gasteiger partial charge is 0.237 e. The average Bonchev–Trinajstić information content (AvgIpc) is 2.39. The zero-order chi connectivity index (χ0) is 12.5. The lowest BCUT2D eigenvalue weighted by Crippen LogP contribution is -1.88. The molecular weight excluding hydrogens is 312 g/mol. The molecule has 0 saturated carbocycles. The molecule has 0 radical (unpaired) electrons. The molecule has 0 amide bonds. The Morgan fingerprint density at radius 1 is 1.06 bits per heavy atom. The molecule has 0 aliphatic rings. The Labute approximate surface area is 118 Å². The van der Waals surface area contributed by atoms with Gasteiger partial charge in [0.15, 0.2) is 5.65 Å². The predicted molar refractivity (Wildman–Crippen MR) is 77.7 cm³/mol. The summed E-state index contributed by atoms with van der Waals surface area (Å²) in [5.41, 5.74) is 2.63. The van der Waals surface area contributed by atoms with Crippen molar-refractivity contribution in [3.05, 3.63) is 58.3 Å². The Bertz CT molecular complexity index is 711. The molecule has 0 atom stereocenters. The normalized spacial score (nSPS) is 10.8. The van der Waals surface area contributed by atoms with Gasteiger partial charge in [-0.2, -0.15) is 0 Å². The van der Waals surface area contributed by atoms with Crippen LogP contribution < -0.4 is 0 Å². The van der Waals surface area contributed by atoms with Gasteiger partial charge in [0.05, 0.1) is 0 Å². The number of hydrogen-bond donors (Lipinski definition) is 0. The van der Waals surface area contributed by atoms with E-state index in [9.17, 15) is 0 Å². The van der Waals surface area contributed by atoms with E-state index in [2.05, 4.69) is 25.9 Å². The van der Waals surface area contributed by atoms with Crippen LogP contribution in [0, 0.1) is 0 Å². The van der Waals surface area contributed by atoms with E-state index in [1.165, 1.54) is 0 Å². The van der Waals surface area contributed by atoms with E-state index in [0.717, 1.165) is 21.0 Å². The minimum Gasteiger partial charge on any atom is -0.237 e. The first kappa shape index (κ1) is 11.6. The summed E-state index contributed by atoms with van der Waals surface area (Å²) < 4.78 is 1.04. The number of nitrogens with zero attached hydrogens (tertiary/aromatic N) is 2. The van der Waals surface area contributed by atoms with Crippen molar-refractivity contribution in [1.82, 2.24) is 9.97 Å². The molecule has 0 N–H and O–H groups in total. The second-order valence-electron chi connectivity index (χ2n) is 3.88. The Balaban J connectivity index is 2.22. The molecule has 0 spiro atoms. The Kier molecular flexibility index (Phi) is 3.02. The fourth-order valence-corrected chi connectivity index (χ4v) is 2.32. The molecule has 0 fully saturated rings. The van der Waals surface area contributed by atoms with Crippen LogP contribution in [0.1, 0.15) is 0 Å². The van der Waals surface area contributed by atoms with Gasteiger partial charge in [0.2, 0.25) is 0 Å². The number of halogens is 2.